The second-order valence-electron chi connectivity index (χ2n) is 1.38. The normalized spacial score (nSPS) is 8.44. The molecule has 0 aliphatic heterocycles. The average molecular weight is 140 g/mol. The first-order valence-corrected chi connectivity index (χ1v) is 3.17. The topological polar surface area (TPSA) is 61.7 Å². The van der Waals surface area contributed by atoms with E-state index in [0.29, 0.717) is 6.54 Å². The highest BCUT2D eigenvalue weighted by Gasteiger charge is 1.88. The summed E-state index contributed by atoms with van der Waals surface area (Å²) in [5.41, 5.74) is 8.73. The fourth-order valence-corrected chi connectivity index (χ4v) is 0.956. The van der Waals surface area contributed by atoms with Crippen molar-refractivity contribution in [1.29, 1.82) is 0 Å². The summed E-state index contributed by atoms with van der Waals surface area (Å²) in [5.74, 6) is 0. The monoisotopic (exact) mass is 140 g/mol. The van der Waals surface area contributed by atoms with Crippen LogP contribution in [-0.2, 0) is 6.54 Å². The molecule has 0 spiro atoms. The largest absolute Gasteiger partial charge is 0.198 e. The molecule has 1 heterocycles. The minimum absolute atomic E-state index is 0.361. The van der Waals surface area contributed by atoms with Gasteiger partial charge in [-0.15, -0.1) is 0 Å². The summed E-state index contributed by atoms with van der Waals surface area (Å²) in [4.78, 5) is 2.60. The molecule has 0 bridgehead atoms. The van der Waals surface area contributed by atoms with Gasteiger partial charge >= 0.3 is 0 Å². The van der Waals surface area contributed by atoms with E-state index in [1.807, 2.05) is 11.4 Å². The molecule has 0 fully saturated rings. The summed E-state index contributed by atoms with van der Waals surface area (Å²) < 4.78 is 3.93. The molecule has 0 aliphatic rings. The van der Waals surface area contributed by atoms with Gasteiger partial charge in [0.15, 0.2) is 0 Å². The van der Waals surface area contributed by atoms with Crippen LogP contribution in [0.1, 0.15) is 5.69 Å². The van der Waals surface area contributed by atoms with E-state index in [-0.39, 0.29) is 0 Å². The van der Waals surface area contributed by atoms with Crippen molar-refractivity contribution >= 4 is 11.5 Å². The van der Waals surface area contributed by atoms with E-state index in [1.54, 1.807) is 0 Å². The maximum Gasteiger partial charge on any atom is 0.0695 e. The first-order valence-electron chi connectivity index (χ1n) is 2.33. The first-order chi connectivity index (χ1) is 4.43. The van der Waals surface area contributed by atoms with E-state index in [2.05, 4.69) is 14.4 Å². The standard InChI is InChI=1S/C4H4N4S/c5-8-6-3-4-1-2-9-7-4/h1-2H,3H2. The Balaban J connectivity index is 2.57. The third-order valence-corrected chi connectivity index (χ3v) is 1.38. The molecule has 0 saturated carbocycles. The van der Waals surface area contributed by atoms with Gasteiger partial charge in [-0.1, -0.05) is 5.11 Å². The molecular formula is C4H4N4S. The van der Waals surface area contributed by atoms with Gasteiger partial charge in [0.1, 0.15) is 0 Å². The lowest BCUT2D eigenvalue weighted by Gasteiger charge is -1.78. The van der Waals surface area contributed by atoms with E-state index >= 15 is 0 Å². The molecule has 0 N–H and O–H groups in total. The van der Waals surface area contributed by atoms with Crippen molar-refractivity contribution in [2.45, 2.75) is 6.54 Å². The Morgan fingerprint density at radius 3 is 3.33 bits per heavy atom. The van der Waals surface area contributed by atoms with Gasteiger partial charge in [-0.25, -0.2) is 0 Å². The second kappa shape index (κ2) is 3.06. The minimum Gasteiger partial charge on any atom is -0.198 e. The van der Waals surface area contributed by atoms with Crippen LogP contribution < -0.4 is 0 Å². The molecule has 1 rings (SSSR count). The Hall–Kier alpha value is -1.06. The lowest BCUT2D eigenvalue weighted by molar-refractivity contribution is 1.01. The summed E-state index contributed by atoms with van der Waals surface area (Å²) in [5, 5.41) is 5.19. The smallest absolute Gasteiger partial charge is 0.0695 e. The van der Waals surface area contributed by atoms with E-state index in [0.717, 1.165) is 5.69 Å². The van der Waals surface area contributed by atoms with Gasteiger partial charge in [0.2, 0.25) is 0 Å². The van der Waals surface area contributed by atoms with Crippen molar-refractivity contribution in [3.63, 3.8) is 0 Å². The molecule has 0 saturated heterocycles. The number of azide groups is 1. The van der Waals surface area contributed by atoms with Gasteiger partial charge in [0, 0.05) is 10.3 Å². The third-order valence-electron chi connectivity index (χ3n) is 0.787. The van der Waals surface area contributed by atoms with Crippen LogP contribution in [0.3, 0.4) is 0 Å². The Kier molecular flexibility index (Phi) is 2.06. The quantitative estimate of drug-likeness (QED) is 0.352. The molecule has 1 aromatic heterocycles. The van der Waals surface area contributed by atoms with Crippen LogP contribution in [0.5, 0.6) is 0 Å². The Morgan fingerprint density at radius 1 is 1.89 bits per heavy atom. The van der Waals surface area contributed by atoms with Gasteiger partial charge in [-0.2, -0.15) is 4.37 Å². The van der Waals surface area contributed by atoms with Crippen molar-refractivity contribution in [2.75, 3.05) is 0 Å². The lowest BCUT2D eigenvalue weighted by Crippen LogP contribution is -1.74. The predicted octanol–water partition coefficient (Wildman–Crippen LogP) is 1.95. The Morgan fingerprint density at radius 2 is 2.78 bits per heavy atom. The van der Waals surface area contributed by atoms with Gasteiger partial charge < -0.3 is 0 Å². The van der Waals surface area contributed by atoms with Crippen molar-refractivity contribution in [3.05, 3.63) is 27.6 Å². The molecule has 0 aromatic carbocycles. The van der Waals surface area contributed by atoms with Crippen LogP contribution in [-0.4, -0.2) is 4.37 Å². The maximum absolute atomic E-state index is 7.90. The molecule has 0 aliphatic carbocycles. The predicted molar refractivity (Wildman–Crippen MR) is 35.0 cm³/mol. The lowest BCUT2D eigenvalue weighted by atomic mass is 10.4. The molecule has 0 atom stereocenters. The highest BCUT2D eigenvalue weighted by atomic mass is 32.1. The fourth-order valence-electron chi connectivity index (χ4n) is 0.423. The zero-order valence-electron chi connectivity index (χ0n) is 4.56. The number of hydrogen-bond donors (Lipinski definition) is 0. The van der Waals surface area contributed by atoms with E-state index in [9.17, 15) is 0 Å². The van der Waals surface area contributed by atoms with Gasteiger partial charge in [-0.05, 0) is 23.1 Å². The zero-order valence-corrected chi connectivity index (χ0v) is 5.38. The molecular weight excluding hydrogens is 136 g/mol. The van der Waals surface area contributed by atoms with Crippen LogP contribution >= 0.6 is 11.5 Å². The Bertz CT molecular complexity index is 210. The van der Waals surface area contributed by atoms with Gasteiger partial charge in [0.25, 0.3) is 0 Å². The number of aromatic nitrogens is 1. The van der Waals surface area contributed by atoms with Crippen LogP contribution in [0, 0.1) is 0 Å². The average Bonchev–Trinajstić information content (AvgIpc) is 2.34. The SMILES string of the molecule is [N-]=[N+]=NCc1ccsn1. The fraction of sp³-hybridized carbons (Fsp3) is 0.250. The van der Waals surface area contributed by atoms with Crippen molar-refractivity contribution in [1.82, 2.24) is 4.37 Å². The highest BCUT2D eigenvalue weighted by Crippen LogP contribution is 2.00. The second-order valence-corrected chi connectivity index (χ2v) is 2.05. The minimum atomic E-state index is 0.361. The van der Waals surface area contributed by atoms with Crippen LogP contribution in [0.2, 0.25) is 0 Å². The maximum atomic E-state index is 7.90. The molecule has 0 amide bonds. The molecule has 5 heteroatoms. The van der Waals surface area contributed by atoms with Crippen LogP contribution in [0.15, 0.2) is 16.6 Å². The summed E-state index contributed by atoms with van der Waals surface area (Å²) in [6.45, 7) is 0.361. The highest BCUT2D eigenvalue weighted by molar-refractivity contribution is 7.03. The summed E-state index contributed by atoms with van der Waals surface area (Å²) in [6.07, 6.45) is 0. The Labute approximate surface area is 55.9 Å². The van der Waals surface area contributed by atoms with Gasteiger partial charge in [-0.3, -0.25) is 0 Å². The molecule has 46 valence electrons. The number of nitrogens with zero attached hydrogens (tertiary/aromatic N) is 4. The van der Waals surface area contributed by atoms with Crippen LogP contribution in [0.4, 0.5) is 0 Å². The van der Waals surface area contributed by atoms with E-state index in [1.165, 1.54) is 11.5 Å². The third kappa shape index (κ3) is 1.71. The first kappa shape index (κ1) is 6.07. The molecule has 4 nitrogen and oxygen atoms in total. The molecule has 0 radical (unpaired) electrons. The zero-order chi connectivity index (χ0) is 6.53. The summed E-state index contributed by atoms with van der Waals surface area (Å²) in [7, 11) is 0. The number of rotatable bonds is 2. The summed E-state index contributed by atoms with van der Waals surface area (Å²) in [6, 6.07) is 1.83. The van der Waals surface area contributed by atoms with Crippen molar-refractivity contribution < 1.29 is 0 Å². The van der Waals surface area contributed by atoms with E-state index in [4.69, 9.17) is 5.53 Å². The number of hydrogen-bond acceptors (Lipinski definition) is 3. The van der Waals surface area contributed by atoms with Crippen LogP contribution in [0.25, 0.3) is 10.4 Å². The van der Waals surface area contributed by atoms with Crippen molar-refractivity contribution in [3.8, 4) is 0 Å². The van der Waals surface area contributed by atoms with E-state index < -0.39 is 0 Å². The molecule has 0 unspecified atom stereocenters. The van der Waals surface area contributed by atoms with Crippen molar-refractivity contribution in [2.24, 2.45) is 5.11 Å². The van der Waals surface area contributed by atoms with Gasteiger partial charge in [0.05, 0.1) is 12.2 Å². The molecule has 1 aromatic rings. The molecule has 9 heavy (non-hydrogen) atoms. The summed E-state index contributed by atoms with van der Waals surface area (Å²) >= 11 is 1.36.